The van der Waals surface area contributed by atoms with Gasteiger partial charge in [-0.1, -0.05) is 182 Å². The molecule has 0 aliphatic rings. The van der Waals surface area contributed by atoms with Gasteiger partial charge in [-0.2, -0.15) is 0 Å². The molecule has 0 radical (unpaired) electrons. The molecule has 0 unspecified atom stereocenters. The third kappa shape index (κ3) is 4.51. The summed E-state index contributed by atoms with van der Waals surface area (Å²) in [5.74, 6) is 0. The van der Waals surface area contributed by atoms with Gasteiger partial charge in [0.15, 0.2) is 0 Å². The average Bonchev–Trinajstić information content (AvgIpc) is 3.63. The molecule has 1 nitrogen and oxygen atoms in total. The molecule has 0 bridgehead atoms. The lowest BCUT2D eigenvalue weighted by Crippen LogP contribution is -1.95. The monoisotopic (exact) mass is 672 g/mol. The van der Waals surface area contributed by atoms with Gasteiger partial charge in [-0.3, -0.25) is 0 Å². The Morgan fingerprint density at radius 2 is 0.736 bits per heavy atom. The van der Waals surface area contributed by atoms with Crippen LogP contribution in [0.5, 0.6) is 0 Å². The normalized spacial score (nSPS) is 11.8. The molecule has 0 spiro atoms. The number of rotatable bonds is 4. The van der Waals surface area contributed by atoms with Gasteiger partial charge in [-0.25, -0.2) is 0 Å². The standard InChI is InChI=1S/C52H32O/c1-3-15-33(16-4-1)37-29-31-39-36-20-8-7-19-35(36)27-28-44(39)49(37)50-42-23-11-9-21-40(42)48(41-22-10-12-24-43(41)50)46-32-30-38(34-17-5-2-6-18-34)52-51(46)45-25-13-14-26-47(45)53-52/h1-32H. The second-order valence-corrected chi connectivity index (χ2v) is 13.9. The maximum absolute atomic E-state index is 6.77. The highest BCUT2D eigenvalue weighted by atomic mass is 16.3. The van der Waals surface area contributed by atoms with E-state index in [2.05, 4.69) is 194 Å². The molecule has 53 heavy (non-hydrogen) atoms. The van der Waals surface area contributed by atoms with Crippen molar-refractivity contribution in [1.29, 1.82) is 0 Å². The van der Waals surface area contributed by atoms with Crippen LogP contribution in [0.3, 0.4) is 0 Å². The molecule has 11 aromatic rings. The van der Waals surface area contributed by atoms with Crippen LogP contribution in [0.1, 0.15) is 0 Å². The van der Waals surface area contributed by atoms with E-state index in [9.17, 15) is 0 Å². The lowest BCUT2D eigenvalue weighted by molar-refractivity contribution is 0.670. The minimum atomic E-state index is 0.896. The third-order valence-corrected chi connectivity index (χ3v) is 11.1. The summed E-state index contributed by atoms with van der Waals surface area (Å²) in [5, 5.41) is 12.2. The van der Waals surface area contributed by atoms with Crippen LogP contribution < -0.4 is 0 Å². The Labute approximate surface area is 307 Å². The molecule has 1 aromatic heterocycles. The number of hydrogen-bond donors (Lipinski definition) is 0. The van der Waals surface area contributed by atoms with E-state index >= 15 is 0 Å². The number of furan rings is 1. The fourth-order valence-electron chi connectivity index (χ4n) is 8.79. The lowest BCUT2D eigenvalue weighted by atomic mass is 9.81. The van der Waals surface area contributed by atoms with Crippen molar-refractivity contribution in [2.75, 3.05) is 0 Å². The Kier molecular flexibility index (Phi) is 6.62. The van der Waals surface area contributed by atoms with Gasteiger partial charge >= 0.3 is 0 Å². The molecule has 0 N–H and O–H groups in total. The van der Waals surface area contributed by atoms with Crippen LogP contribution in [0.2, 0.25) is 0 Å². The number of hydrogen-bond acceptors (Lipinski definition) is 1. The molecule has 0 atom stereocenters. The highest BCUT2D eigenvalue weighted by Crippen LogP contribution is 2.51. The number of benzene rings is 10. The second-order valence-electron chi connectivity index (χ2n) is 13.9. The largest absolute Gasteiger partial charge is 0.455 e. The number of fused-ring (bicyclic) bond motifs is 8. The first-order valence-electron chi connectivity index (χ1n) is 18.3. The second kappa shape index (κ2) is 11.8. The van der Waals surface area contributed by atoms with Crippen LogP contribution >= 0.6 is 0 Å². The minimum absolute atomic E-state index is 0.896. The molecule has 0 aliphatic carbocycles. The van der Waals surface area contributed by atoms with E-state index in [0.717, 1.165) is 33.1 Å². The van der Waals surface area contributed by atoms with Crippen molar-refractivity contribution in [3.8, 4) is 44.5 Å². The summed E-state index contributed by atoms with van der Waals surface area (Å²) in [7, 11) is 0. The lowest BCUT2D eigenvalue weighted by Gasteiger charge is -2.22. The van der Waals surface area contributed by atoms with Gasteiger partial charge in [0.2, 0.25) is 0 Å². The smallest absolute Gasteiger partial charge is 0.143 e. The summed E-state index contributed by atoms with van der Waals surface area (Å²) in [6, 6.07) is 70.5. The van der Waals surface area contributed by atoms with Crippen molar-refractivity contribution >= 4 is 65.0 Å². The molecule has 0 amide bonds. The van der Waals surface area contributed by atoms with E-state index < -0.39 is 0 Å². The summed E-state index contributed by atoms with van der Waals surface area (Å²) >= 11 is 0. The molecule has 1 heteroatoms. The van der Waals surface area contributed by atoms with Crippen molar-refractivity contribution in [1.82, 2.24) is 0 Å². The van der Waals surface area contributed by atoms with Gasteiger partial charge in [-0.05, 0) is 94.2 Å². The van der Waals surface area contributed by atoms with Gasteiger partial charge in [0.1, 0.15) is 11.2 Å². The summed E-state index contributed by atoms with van der Waals surface area (Å²) in [6.45, 7) is 0. The van der Waals surface area contributed by atoms with E-state index in [4.69, 9.17) is 4.42 Å². The highest BCUT2D eigenvalue weighted by molar-refractivity contribution is 6.29. The SMILES string of the molecule is c1ccc(-c2ccc3c(ccc4ccccc43)c2-c2c3ccccc3c(-c3ccc(-c4ccccc4)c4oc5ccccc5c34)c3ccccc23)cc1. The quantitative estimate of drug-likeness (QED) is 0.134. The Balaban J connectivity index is 1.31. The van der Waals surface area contributed by atoms with Gasteiger partial charge < -0.3 is 4.42 Å². The molecule has 0 saturated heterocycles. The summed E-state index contributed by atoms with van der Waals surface area (Å²) < 4.78 is 6.77. The minimum Gasteiger partial charge on any atom is -0.455 e. The summed E-state index contributed by atoms with van der Waals surface area (Å²) in [6.07, 6.45) is 0. The summed E-state index contributed by atoms with van der Waals surface area (Å²) in [4.78, 5) is 0. The molecule has 0 saturated carbocycles. The van der Waals surface area contributed by atoms with Crippen LogP contribution in [0.25, 0.3) is 110 Å². The van der Waals surface area contributed by atoms with Crippen molar-refractivity contribution < 1.29 is 4.42 Å². The van der Waals surface area contributed by atoms with Gasteiger partial charge in [0, 0.05) is 16.3 Å². The van der Waals surface area contributed by atoms with Crippen molar-refractivity contribution in [2.24, 2.45) is 0 Å². The average molecular weight is 673 g/mol. The molecule has 246 valence electrons. The maximum atomic E-state index is 6.77. The van der Waals surface area contributed by atoms with Crippen LogP contribution in [0, 0.1) is 0 Å². The van der Waals surface area contributed by atoms with E-state index in [0.29, 0.717) is 0 Å². The Morgan fingerprint density at radius 3 is 1.42 bits per heavy atom. The van der Waals surface area contributed by atoms with Crippen molar-refractivity contribution in [3.05, 3.63) is 194 Å². The highest BCUT2D eigenvalue weighted by Gasteiger charge is 2.24. The number of para-hydroxylation sites is 1. The summed E-state index contributed by atoms with van der Waals surface area (Å²) in [5.41, 5.74) is 11.4. The topological polar surface area (TPSA) is 13.1 Å². The van der Waals surface area contributed by atoms with E-state index in [1.54, 1.807) is 0 Å². The van der Waals surface area contributed by atoms with Crippen LogP contribution in [-0.2, 0) is 0 Å². The molecular weight excluding hydrogens is 641 g/mol. The van der Waals surface area contributed by atoms with Crippen LogP contribution in [-0.4, -0.2) is 0 Å². The van der Waals surface area contributed by atoms with E-state index in [1.807, 2.05) is 0 Å². The first-order valence-corrected chi connectivity index (χ1v) is 18.3. The Hall–Kier alpha value is -6.96. The Bertz CT molecular complexity index is 3150. The fraction of sp³-hybridized carbons (Fsp3) is 0. The van der Waals surface area contributed by atoms with Gasteiger partial charge in [0.25, 0.3) is 0 Å². The van der Waals surface area contributed by atoms with E-state index in [-0.39, 0.29) is 0 Å². The Morgan fingerprint density at radius 1 is 0.264 bits per heavy atom. The molecule has 11 rings (SSSR count). The van der Waals surface area contributed by atoms with Crippen molar-refractivity contribution in [2.45, 2.75) is 0 Å². The van der Waals surface area contributed by atoms with Crippen LogP contribution in [0.4, 0.5) is 0 Å². The third-order valence-electron chi connectivity index (χ3n) is 11.1. The van der Waals surface area contributed by atoms with Crippen LogP contribution in [0.15, 0.2) is 199 Å². The van der Waals surface area contributed by atoms with Gasteiger partial charge in [0.05, 0.1) is 0 Å². The zero-order valence-corrected chi connectivity index (χ0v) is 28.9. The van der Waals surface area contributed by atoms with E-state index in [1.165, 1.54) is 76.5 Å². The maximum Gasteiger partial charge on any atom is 0.143 e. The first kappa shape index (κ1) is 29.7. The molecule has 10 aromatic carbocycles. The predicted octanol–water partition coefficient (Wildman–Crippen LogP) is 14.9. The predicted molar refractivity (Wildman–Crippen MR) is 225 cm³/mol. The molecular formula is C52H32O. The molecule has 1 heterocycles. The zero-order valence-electron chi connectivity index (χ0n) is 28.9. The molecule has 0 aliphatic heterocycles. The zero-order chi connectivity index (χ0) is 34.9. The first-order chi connectivity index (χ1) is 26.3. The van der Waals surface area contributed by atoms with Gasteiger partial charge in [-0.15, -0.1) is 0 Å². The molecule has 0 fully saturated rings. The van der Waals surface area contributed by atoms with Crippen molar-refractivity contribution in [3.63, 3.8) is 0 Å². The fourth-order valence-corrected chi connectivity index (χ4v) is 8.79.